The van der Waals surface area contributed by atoms with Crippen molar-refractivity contribution in [3.8, 4) is 0 Å². The second-order valence-electron chi connectivity index (χ2n) is 37.3. The van der Waals surface area contributed by atoms with Crippen molar-refractivity contribution in [1.82, 2.24) is 97.3 Å². The molecule has 4 saturated heterocycles. The lowest BCUT2D eigenvalue weighted by Crippen LogP contribution is -2.45. The molecule has 20 heterocycles. The Morgan fingerprint density at radius 3 is 0.986 bits per heavy atom. The van der Waals surface area contributed by atoms with Crippen LogP contribution < -0.4 is 48.3 Å². The molecule has 37 heteroatoms. The van der Waals surface area contributed by atoms with E-state index in [-0.39, 0.29) is 45.8 Å². The average Bonchev–Trinajstić information content (AvgIpc) is 1.60. The van der Waals surface area contributed by atoms with E-state index < -0.39 is 0 Å². The van der Waals surface area contributed by atoms with Gasteiger partial charge in [-0.2, -0.15) is 0 Å². The van der Waals surface area contributed by atoms with E-state index in [0.717, 1.165) is 274 Å². The summed E-state index contributed by atoms with van der Waals surface area (Å²) in [5.41, 5.74) is 51.9. The van der Waals surface area contributed by atoms with Crippen molar-refractivity contribution in [2.45, 2.75) is 201 Å². The Hall–Kier alpha value is -10.9. The van der Waals surface area contributed by atoms with Gasteiger partial charge in [-0.25, -0.2) is 44.9 Å². The van der Waals surface area contributed by atoms with E-state index in [1.54, 1.807) is 41.5 Å². The van der Waals surface area contributed by atoms with Gasteiger partial charge in [-0.3, -0.25) is 52.5 Å². The predicted molar refractivity (Wildman–Crippen MR) is 547 cm³/mol. The van der Waals surface area contributed by atoms with E-state index >= 15 is 0 Å². The highest BCUT2D eigenvalue weighted by atomic mass is 35.5. The molecular weight excluding hydrogens is 1890 g/mol. The van der Waals surface area contributed by atoms with Crippen molar-refractivity contribution in [2.24, 2.45) is 44.6 Å². The second kappa shape index (κ2) is 38.6. The molecule has 16 aromatic heterocycles. The number of hydrogen-bond donors (Lipinski definition) is 5. The van der Waals surface area contributed by atoms with Crippen LogP contribution in [0.1, 0.15) is 175 Å². The summed E-state index contributed by atoms with van der Waals surface area (Å²) < 4.78 is 8.34. The Morgan fingerprint density at radius 2 is 0.630 bits per heavy atom. The fraction of sp³-hybridized carbons (Fsp3) is 0.366. The molecule has 4 aliphatic heterocycles. The van der Waals surface area contributed by atoms with Crippen molar-refractivity contribution in [3.05, 3.63) is 277 Å². The minimum atomic E-state index is 0.0395. The van der Waals surface area contributed by atoms with Crippen LogP contribution in [0.15, 0.2) is 217 Å². The lowest BCUT2D eigenvalue weighted by atomic mass is 9.73. The highest BCUT2D eigenvalue weighted by Crippen LogP contribution is 2.56. The average molecular weight is 2000 g/mol. The quantitative estimate of drug-likeness (QED) is 0.0636. The van der Waals surface area contributed by atoms with Gasteiger partial charge in [-0.1, -0.05) is 138 Å². The summed E-state index contributed by atoms with van der Waals surface area (Å²) in [5, 5.41) is 2.56. The summed E-state index contributed by atoms with van der Waals surface area (Å²) in [6.07, 6.45) is 46.2. The number of fused-ring (bicyclic) bond motifs is 8. The van der Waals surface area contributed by atoms with Gasteiger partial charge in [-0.15, -0.1) is 0 Å². The molecule has 16 aromatic rings. The highest BCUT2D eigenvalue weighted by molar-refractivity contribution is 8.00. The second-order valence-corrected chi connectivity index (χ2v) is 43.1. The van der Waals surface area contributed by atoms with Gasteiger partial charge in [0.1, 0.15) is 5.82 Å². The Bertz CT molecular complexity index is 7280. The van der Waals surface area contributed by atoms with Gasteiger partial charge in [0.15, 0.2) is 22.6 Å². The van der Waals surface area contributed by atoms with Crippen LogP contribution in [0.5, 0.6) is 0 Å². The fourth-order valence-electron chi connectivity index (χ4n) is 21.9. The van der Waals surface area contributed by atoms with Crippen LogP contribution in [0.2, 0.25) is 20.1 Å². The third-order valence-electron chi connectivity index (χ3n) is 29.7. The number of nitrogen functional groups attached to an aromatic ring is 1. The number of aromatic nitrogens is 20. The molecule has 10 N–H and O–H groups in total. The highest BCUT2D eigenvalue weighted by Gasteiger charge is 2.52. The molecule has 0 saturated carbocycles. The number of nitrogens with zero attached hydrogens (tertiary/aromatic N) is 24. The number of piperidine rings is 4. The smallest absolute Gasteiger partial charge is 0.211 e. The number of halogens is 4. The van der Waals surface area contributed by atoms with Gasteiger partial charge >= 0.3 is 0 Å². The predicted octanol–water partition coefficient (Wildman–Crippen LogP) is 18.9. The van der Waals surface area contributed by atoms with Crippen molar-refractivity contribution in [2.75, 3.05) is 77.7 Å². The van der Waals surface area contributed by atoms with Crippen LogP contribution in [0, 0.1) is 42.4 Å². The first-order valence-electron chi connectivity index (χ1n) is 47.2. The van der Waals surface area contributed by atoms with Crippen LogP contribution in [-0.2, 0) is 44.9 Å². The van der Waals surface area contributed by atoms with Crippen molar-refractivity contribution in [1.29, 1.82) is 0 Å². The first-order chi connectivity index (χ1) is 67.1. The maximum atomic E-state index is 6.78. The summed E-state index contributed by atoms with van der Waals surface area (Å²) in [4.78, 5) is 91.4. The first-order valence-corrected chi connectivity index (χ1v) is 52.0. The van der Waals surface area contributed by atoms with E-state index in [1.165, 1.54) is 51.1 Å². The molecule has 24 rings (SSSR count). The summed E-state index contributed by atoms with van der Waals surface area (Å²) in [6.45, 7) is 19.5. The molecule has 29 nitrogen and oxygen atoms in total. The molecular formula is C101H107Cl4N29S4. The van der Waals surface area contributed by atoms with Crippen molar-refractivity contribution in [3.63, 3.8) is 0 Å². The molecule has 0 radical (unpaired) electrons. The van der Waals surface area contributed by atoms with E-state index in [0.29, 0.717) is 25.9 Å². The number of imidazole rings is 4. The molecule has 0 unspecified atom stereocenters. The Morgan fingerprint density at radius 1 is 0.319 bits per heavy atom. The topological polar surface area (TPSA) is 367 Å². The molecule has 138 heavy (non-hydrogen) atoms. The molecule has 4 aliphatic carbocycles. The number of hydrogen-bond acceptors (Lipinski definition) is 29. The zero-order valence-corrected chi connectivity index (χ0v) is 83.9. The van der Waals surface area contributed by atoms with E-state index in [4.69, 9.17) is 105 Å². The largest absolute Gasteiger partial charge is 0.382 e. The molecule has 8 aliphatic rings. The third kappa shape index (κ3) is 17.2. The first kappa shape index (κ1) is 93.4. The van der Waals surface area contributed by atoms with Crippen LogP contribution in [-0.4, -0.2) is 150 Å². The monoisotopic (exact) mass is 1990 g/mol. The Labute approximate surface area is 837 Å². The zero-order chi connectivity index (χ0) is 95.0. The standard InChI is InChI=1S/2C26H28ClN7S.C25H26ClN7S.C24H25ClN8S/c1-3-18-22(27)20(6-9-29-18)35-21-15-31-25(34-13-10-30-24(21)34)33-11-7-26(8-12-33)14-19-17(23(26)28)5-4-16(2)32-19;1-3-18-21(27)20(6-10-30-18)35-22-16(2)32-25(34-14-11-31-24(22)34)33-12-7-26(8-13-33)15-19-17(23(26)28)5-4-9-29-19;1-2-17-21(26)19(5-9-29-17)34-20-15-31-24(33-13-10-30-23(20)33)32-11-6-25(7-12-32)14-18-16(22(25)27)4-3-8-28-18;1-14-19(34-17-4-8-29-21(27)18(17)25)22-30-9-12-33(22)23(31-14)32-10-5-24(6-11-32)13-16-15(20(24)26)3-2-7-28-16/h4-6,9-10,13,15,23H,3,7-8,11-12,14,28H2,1-2H3;4-6,9-11,14,23H,3,7-8,12-13,15,28H2,1-2H3;3-5,8-10,13,15,22H,2,6-7,11-12,14,27H2,1H3;2-4,7-9,12,20H,5-6,10-11,13,26H2,1H3,(H2,27,29)/t2*23-;22-;20-/m1111/s1. The van der Waals surface area contributed by atoms with E-state index in [2.05, 4.69) is 152 Å². The normalized spacial score (nSPS) is 19.1. The number of anilines is 5. The SMILES string of the molecule is CCc1nccc(Sc2c(C)nc(N3CCC4(CC3)Cc3ncccc3[C@H]4N)n3ccnc23)c1Cl.CCc1nccc(Sc2cnc(N3CCC4(CC3)Cc3nc(C)ccc3[C@H]4N)n3ccnc23)c1Cl.CCc1nccc(Sc2cnc(N3CCC4(CC3)Cc3ncccc3[C@H]4N)n3ccnc23)c1Cl.Cc1nc(N2CCC3(CC2)Cc2ncccc2[C@H]3N)n2ccnc2c1Sc1ccnc(N)c1Cl. The summed E-state index contributed by atoms with van der Waals surface area (Å²) >= 11 is 32.5. The minimum Gasteiger partial charge on any atom is -0.382 e. The Balaban J connectivity index is 0.000000110. The van der Waals surface area contributed by atoms with E-state index in [1.807, 2.05) is 149 Å². The number of pyridine rings is 8. The molecule has 0 amide bonds. The maximum absolute atomic E-state index is 6.78. The summed E-state index contributed by atoms with van der Waals surface area (Å²) in [5.74, 6) is 4.00. The number of aryl methyl sites for hydroxylation is 6. The van der Waals surface area contributed by atoms with Crippen molar-refractivity contribution < 1.29 is 0 Å². The lowest BCUT2D eigenvalue weighted by molar-refractivity contribution is 0.186. The van der Waals surface area contributed by atoms with Gasteiger partial charge in [0.25, 0.3) is 0 Å². The number of nitrogens with two attached hydrogens (primary N) is 5. The van der Waals surface area contributed by atoms with Gasteiger partial charge in [0, 0.05) is 230 Å². The molecule has 708 valence electrons. The molecule has 0 bridgehead atoms. The van der Waals surface area contributed by atoms with Gasteiger partial charge in [-0.05, 0) is 210 Å². The molecule has 4 fully saturated rings. The van der Waals surface area contributed by atoms with Crippen LogP contribution in [0.4, 0.5) is 29.6 Å². The third-order valence-corrected chi connectivity index (χ3v) is 36.5. The molecule has 4 atom stereocenters. The van der Waals surface area contributed by atoms with Gasteiger partial charge < -0.3 is 48.3 Å². The molecule has 4 spiro atoms. The summed E-state index contributed by atoms with van der Waals surface area (Å²) in [6, 6.07) is 24.5. The van der Waals surface area contributed by atoms with Gasteiger partial charge in [0.05, 0.1) is 68.1 Å². The fourth-order valence-corrected chi connectivity index (χ4v) is 27.0. The van der Waals surface area contributed by atoms with Crippen molar-refractivity contribution >= 4 is 146 Å². The summed E-state index contributed by atoms with van der Waals surface area (Å²) in [7, 11) is 0. The van der Waals surface area contributed by atoms with Crippen LogP contribution in [0.25, 0.3) is 22.6 Å². The van der Waals surface area contributed by atoms with Crippen LogP contribution in [0.3, 0.4) is 0 Å². The van der Waals surface area contributed by atoms with Crippen LogP contribution >= 0.6 is 93.5 Å². The number of rotatable bonds is 15. The van der Waals surface area contributed by atoms with E-state index in [9.17, 15) is 0 Å². The maximum Gasteiger partial charge on any atom is 0.211 e. The minimum absolute atomic E-state index is 0.0395. The molecule has 0 aromatic carbocycles. The Kier molecular flexibility index (Phi) is 26.1. The lowest BCUT2D eigenvalue weighted by Gasteiger charge is -2.42. The zero-order valence-electron chi connectivity index (χ0n) is 77.6. The van der Waals surface area contributed by atoms with Gasteiger partial charge in [0.2, 0.25) is 23.8 Å².